The molecule has 88 valence electrons. The summed E-state index contributed by atoms with van der Waals surface area (Å²) < 4.78 is 17.9. The summed E-state index contributed by atoms with van der Waals surface area (Å²) in [5, 5.41) is 3.18. The van der Waals surface area contributed by atoms with E-state index in [1.807, 2.05) is 24.3 Å². The van der Waals surface area contributed by atoms with Gasteiger partial charge >= 0.3 is 0 Å². The fraction of sp³-hybridized carbons (Fsp3) is 0.154. The molecule has 0 bridgehead atoms. The highest BCUT2D eigenvalue weighted by atomic mass is 19.1. The number of pyridine rings is 1. The van der Waals surface area contributed by atoms with Crippen molar-refractivity contribution in [3.05, 3.63) is 54.1 Å². The van der Waals surface area contributed by atoms with Gasteiger partial charge in [0.25, 0.3) is 0 Å². The van der Waals surface area contributed by atoms with E-state index in [2.05, 4.69) is 10.3 Å². The Morgan fingerprint density at radius 1 is 1.24 bits per heavy atom. The van der Waals surface area contributed by atoms with Crippen LogP contribution < -0.4 is 10.1 Å². The summed E-state index contributed by atoms with van der Waals surface area (Å²) >= 11 is 0. The lowest BCUT2D eigenvalue weighted by molar-refractivity contribution is 0.415. The maximum atomic E-state index is 12.9. The van der Waals surface area contributed by atoms with Crippen LogP contribution in [-0.4, -0.2) is 12.1 Å². The Labute approximate surface area is 99.3 Å². The second-order valence-electron chi connectivity index (χ2n) is 3.59. The molecule has 17 heavy (non-hydrogen) atoms. The van der Waals surface area contributed by atoms with Gasteiger partial charge in [-0.05, 0) is 35.9 Å². The molecule has 1 heterocycles. The molecule has 3 nitrogen and oxygen atoms in total. The van der Waals surface area contributed by atoms with E-state index in [-0.39, 0.29) is 5.82 Å². The molecule has 0 fully saturated rings. The van der Waals surface area contributed by atoms with E-state index in [1.54, 1.807) is 13.3 Å². The van der Waals surface area contributed by atoms with E-state index in [0.29, 0.717) is 6.54 Å². The average molecular weight is 232 g/mol. The largest absolute Gasteiger partial charge is 0.497 e. The van der Waals surface area contributed by atoms with Crippen molar-refractivity contribution in [2.45, 2.75) is 6.54 Å². The average Bonchev–Trinajstić information content (AvgIpc) is 2.37. The minimum atomic E-state index is -0.320. The molecule has 0 saturated carbocycles. The minimum absolute atomic E-state index is 0.320. The van der Waals surface area contributed by atoms with Gasteiger partial charge in [-0.2, -0.15) is 0 Å². The zero-order chi connectivity index (χ0) is 12.1. The number of anilines is 1. The third kappa shape index (κ3) is 3.17. The summed E-state index contributed by atoms with van der Waals surface area (Å²) in [6.07, 6.45) is 2.83. The number of hydrogen-bond acceptors (Lipinski definition) is 3. The summed E-state index contributed by atoms with van der Waals surface area (Å²) in [7, 11) is 1.63. The Morgan fingerprint density at radius 2 is 2.00 bits per heavy atom. The Balaban J connectivity index is 1.97. The molecule has 2 aromatic rings. The lowest BCUT2D eigenvalue weighted by Crippen LogP contribution is -2.00. The van der Waals surface area contributed by atoms with Crippen LogP contribution in [0.4, 0.5) is 10.1 Å². The van der Waals surface area contributed by atoms with Crippen LogP contribution in [0, 0.1) is 5.82 Å². The zero-order valence-electron chi connectivity index (χ0n) is 9.48. The summed E-state index contributed by atoms with van der Waals surface area (Å²) in [4.78, 5) is 3.79. The van der Waals surface area contributed by atoms with Gasteiger partial charge in [-0.25, -0.2) is 4.39 Å². The van der Waals surface area contributed by atoms with Crippen LogP contribution in [0.1, 0.15) is 5.56 Å². The molecule has 0 spiro atoms. The zero-order valence-corrected chi connectivity index (χ0v) is 9.48. The monoisotopic (exact) mass is 232 g/mol. The standard InChI is InChI=1S/C13H13FN2O/c1-17-13-4-2-12(3-5-13)16-8-10-6-11(14)9-15-7-10/h2-7,9,16H,8H2,1H3. The first-order valence-electron chi connectivity index (χ1n) is 5.25. The van der Waals surface area contributed by atoms with Gasteiger partial charge in [-0.15, -0.1) is 0 Å². The minimum Gasteiger partial charge on any atom is -0.497 e. The molecule has 0 atom stereocenters. The number of nitrogens with zero attached hydrogens (tertiary/aromatic N) is 1. The van der Waals surface area contributed by atoms with Gasteiger partial charge in [0, 0.05) is 18.4 Å². The highest BCUT2D eigenvalue weighted by Gasteiger charge is 1.97. The normalized spacial score (nSPS) is 10.0. The first kappa shape index (κ1) is 11.4. The second-order valence-corrected chi connectivity index (χ2v) is 3.59. The molecular weight excluding hydrogens is 219 g/mol. The van der Waals surface area contributed by atoms with E-state index >= 15 is 0 Å². The maximum absolute atomic E-state index is 12.9. The van der Waals surface area contributed by atoms with Crippen LogP contribution in [0.5, 0.6) is 5.75 Å². The van der Waals surface area contributed by atoms with Gasteiger partial charge in [-0.3, -0.25) is 4.98 Å². The van der Waals surface area contributed by atoms with E-state index < -0.39 is 0 Å². The number of rotatable bonds is 4. The Hall–Kier alpha value is -2.10. The Bertz CT molecular complexity index is 485. The van der Waals surface area contributed by atoms with Crippen LogP contribution in [-0.2, 0) is 6.54 Å². The maximum Gasteiger partial charge on any atom is 0.141 e. The number of ether oxygens (including phenoxy) is 1. The summed E-state index contributed by atoms with van der Waals surface area (Å²) in [6.45, 7) is 0.539. The predicted octanol–water partition coefficient (Wildman–Crippen LogP) is 2.84. The molecule has 0 saturated heterocycles. The molecule has 1 aromatic carbocycles. The SMILES string of the molecule is COc1ccc(NCc2cncc(F)c2)cc1. The van der Waals surface area contributed by atoms with Gasteiger partial charge < -0.3 is 10.1 Å². The van der Waals surface area contributed by atoms with Crippen molar-refractivity contribution in [1.29, 1.82) is 0 Å². The number of benzene rings is 1. The van der Waals surface area contributed by atoms with E-state index in [1.165, 1.54) is 12.3 Å². The van der Waals surface area contributed by atoms with E-state index in [4.69, 9.17) is 4.74 Å². The van der Waals surface area contributed by atoms with Crippen LogP contribution in [0.25, 0.3) is 0 Å². The van der Waals surface area contributed by atoms with Gasteiger partial charge in [0.2, 0.25) is 0 Å². The van der Waals surface area contributed by atoms with Crippen LogP contribution >= 0.6 is 0 Å². The van der Waals surface area contributed by atoms with Gasteiger partial charge in [-0.1, -0.05) is 0 Å². The number of aromatic nitrogens is 1. The summed E-state index contributed by atoms with van der Waals surface area (Å²) in [5.74, 6) is 0.488. The Kier molecular flexibility index (Phi) is 3.55. The second kappa shape index (κ2) is 5.30. The van der Waals surface area contributed by atoms with Crippen molar-refractivity contribution < 1.29 is 9.13 Å². The van der Waals surface area contributed by atoms with Crippen LogP contribution in [0.15, 0.2) is 42.7 Å². The number of hydrogen-bond donors (Lipinski definition) is 1. The molecule has 1 aromatic heterocycles. The molecule has 0 amide bonds. The predicted molar refractivity (Wildman–Crippen MR) is 64.5 cm³/mol. The molecule has 0 radical (unpaired) electrons. The highest BCUT2D eigenvalue weighted by Crippen LogP contribution is 2.15. The summed E-state index contributed by atoms with van der Waals surface area (Å²) in [6, 6.07) is 9.01. The van der Waals surface area contributed by atoms with Crippen molar-refractivity contribution in [2.75, 3.05) is 12.4 Å². The molecule has 2 rings (SSSR count). The van der Waals surface area contributed by atoms with Crippen molar-refractivity contribution in [3.8, 4) is 5.75 Å². The van der Waals surface area contributed by atoms with Crippen molar-refractivity contribution in [3.63, 3.8) is 0 Å². The number of methoxy groups -OCH3 is 1. The van der Waals surface area contributed by atoms with Crippen LogP contribution in [0.3, 0.4) is 0 Å². The van der Waals surface area contributed by atoms with Crippen molar-refractivity contribution >= 4 is 5.69 Å². The molecule has 0 aliphatic rings. The van der Waals surface area contributed by atoms with Gasteiger partial charge in [0.1, 0.15) is 11.6 Å². The van der Waals surface area contributed by atoms with Gasteiger partial charge in [0.15, 0.2) is 0 Å². The first-order chi connectivity index (χ1) is 8.28. The van der Waals surface area contributed by atoms with Gasteiger partial charge in [0.05, 0.1) is 13.3 Å². The first-order valence-corrected chi connectivity index (χ1v) is 5.25. The van der Waals surface area contributed by atoms with Crippen molar-refractivity contribution in [1.82, 2.24) is 4.98 Å². The lowest BCUT2D eigenvalue weighted by Gasteiger charge is -2.07. The van der Waals surface area contributed by atoms with E-state index in [0.717, 1.165) is 17.0 Å². The molecular formula is C13H13FN2O. The fourth-order valence-corrected chi connectivity index (χ4v) is 1.47. The molecule has 1 N–H and O–H groups in total. The lowest BCUT2D eigenvalue weighted by atomic mass is 10.2. The molecule has 0 aliphatic carbocycles. The summed E-state index contributed by atoms with van der Waals surface area (Å²) in [5.41, 5.74) is 1.76. The third-order valence-electron chi connectivity index (χ3n) is 2.35. The quantitative estimate of drug-likeness (QED) is 0.880. The fourth-order valence-electron chi connectivity index (χ4n) is 1.47. The topological polar surface area (TPSA) is 34.1 Å². The highest BCUT2D eigenvalue weighted by molar-refractivity contribution is 5.46. The van der Waals surface area contributed by atoms with Crippen molar-refractivity contribution in [2.24, 2.45) is 0 Å². The third-order valence-corrected chi connectivity index (χ3v) is 2.35. The Morgan fingerprint density at radius 3 is 2.65 bits per heavy atom. The van der Waals surface area contributed by atoms with E-state index in [9.17, 15) is 4.39 Å². The smallest absolute Gasteiger partial charge is 0.141 e. The number of nitrogens with one attached hydrogen (secondary N) is 1. The number of halogens is 1. The molecule has 0 aliphatic heterocycles. The van der Waals surface area contributed by atoms with Crippen LogP contribution in [0.2, 0.25) is 0 Å². The molecule has 4 heteroatoms. The molecule has 0 unspecified atom stereocenters.